The summed E-state index contributed by atoms with van der Waals surface area (Å²) in [7, 11) is 0. The van der Waals surface area contributed by atoms with Crippen LogP contribution in [-0.2, 0) is 16.1 Å². The van der Waals surface area contributed by atoms with Crippen LogP contribution in [0.5, 0.6) is 0 Å². The topological polar surface area (TPSA) is 91.7 Å². The number of rotatable bonds is 4. The molecule has 0 bridgehead atoms. The lowest BCUT2D eigenvalue weighted by atomic mass is 10.1. The number of benzene rings is 1. The lowest BCUT2D eigenvalue weighted by Gasteiger charge is -2.15. The van der Waals surface area contributed by atoms with Crippen LogP contribution < -0.4 is 10.9 Å². The van der Waals surface area contributed by atoms with Crippen LogP contribution >= 0.6 is 0 Å². The molecule has 8 heteroatoms. The lowest BCUT2D eigenvalue weighted by Crippen LogP contribution is -2.45. The molecule has 0 radical (unpaired) electrons. The molecular weight excluding hydrogens is 329 g/mol. The zero-order valence-electron chi connectivity index (χ0n) is 13.2. The number of nitrogens with zero attached hydrogens (tertiary/aromatic N) is 1. The van der Waals surface area contributed by atoms with Crippen LogP contribution in [0.4, 0.5) is 4.39 Å². The highest BCUT2D eigenvalue weighted by Crippen LogP contribution is 2.20. The van der Waals surface area contributed by atoms with Crippen LogP contribution in [0.3, 0.4) is 0 Å². The van der Waals surface area contributed by atoms with Crippen molar-refractivity contribution >= 4 is 17.7 Å². The Morgan fingerprint density at radius 2 is 1.96 bits per heavy atom. The van der Waals surface area contributed by atoms with Crippen molar-refractivity contribution in [3.05, 3.63) is 59.8 Å². The van der Waals surface area contributed by atoms with Crippen molar-refractivity contribution in [1.29, 1.82) is 0 Å². The second-order valence-corrected chi connectivity index (χ2v) is 5.70. The summed E-state index contributed by atoms with van der Waals surface area (Å²) in [6.45, 7) is 0.551. The zero-order chi connectivity index (χ0) is 17.8. The molecule has 0 saturated carbocycles. The molecule has 1 atom stereocenters. The molecule has 0 spiro atoms. The van der Waals surface area contributed by atoms with Gasteiger partial charge in [0.15, 0.2) is 0 Å². The molecule has 1 aromatic carbocycles. The van der Waals surface area contributed by atoms with Crippen molar-refractivity contribution < 1.29 is 23.2 Å². The first-order valence-electron chi connectivity index (χ1n) is 7.69. The van der Waals surface area contributed by atoms with E-state index >= 15 is 0 Å². The number of hydrazine groups is 1. The van der Waals surface area contributed by atoms with Gasteiger partial charge in [-0.3, -0.25) is 25.2 Å². The number of amides is 3. The Morgan fingerprint density at radius 3 is 2.64 bits per heavy atom. The Bertz CT molecular complexity index is 774. The second kappa shape index (κ2) is 7.16. The quantitative estimate of drug-likeness (QED) is 0.816. The van der Waals surface area contributed by atoms with Crippen molar-refractivity contribution in [2.75, 3.05) is 6.54 Å². The Balaban J connectivity index is 1.51. The van der Waals surface area contributed by atoms with Gasteiger partial charge in [-0.1, -0.05) is 0 Å². The highest BCUT2D eigenvalue weighted by molar-refractivity contribution is 5.96. The van der Waals surface area contributed by atoms with Crippen LogP contribution in [-0.4, -0.2) is 29.2 Å². The van der Waals surface area contributed by atoms with Crippen LogP contribution in [0.1, 0.15) is 22.5 Å². The number of nitrogens with one attached hydrogen (secondary N) is 2. The second-order valence-electron chi connectivity index (χ2n) is 5.70. The third kappa shape index (κ3) is 4.03. The molecule has 1 aliphatic heterocycles. The molecule has 0 aliphatic carbocycles. The van der Waals surface area contributed by atoms with E-state index in [-0.39, 0.29) is 24.4 Å². The molecule has 1 aliphatic rings. The van der Waals surface area contributed by atoms with Gasteiger partial charge in [-0.2, -0.15) is 0 Å². The molecule has 1 saturated heterocycles. The first kappa shape index (κ1) is 16.7. The van der Waals surface area contributed by atoms with Crippen LogP contribution in [0.15, 0.2) is 47.1 Å². The van der Waals surface area contributed by atoms with Crippen molar-refractivity contribution in [3.8, 4) is 0 Å². The SMILES string of the molecule is O=C(NNC(=O)C1CC(=O)N(Cc2ccco2)C1)c1ccc(F)cc1. The zero-order valence-corrected chi connectivity index (χ0v) is 13.2. The number of carbonyl (C=O) groups is 3. The molecule has 3 rings (SSSR count). The molecule has 25 heavy (non-hydrogen) atoms. The Morgan fingerprint density at radius 1 is 1.20 bits per heavy atom. The fraction of sp³-hybridized carbons (Fsp3) is 0.235. The monoisotopic (exact) mass is 345 g/mol. The predicted octanol–water partition coefficient (Wildman–Crippen LogP) is 1.23. The van der Waals surface area contributed by atoms with Crippen molar-refractivity contribution in [2.24, 2.45) is 5.92 Å². The predicted molar refractivity (Wildman–Crippen MR) is 84.2 cm³/mol. The highest BCUT2D eigenvalue weighted by Gasteiger charge is 2.34. The Kier molecular flexibility index (Phi) is 4.78. The summed E-state index contributed by atoms with van der Waals surface area (Å²) in [5.74, 6) is -1.55. The van der Waals surface area contributed by atoms with E-state index in [1.54, 1.807) is 12.1 Å². The van der Waals surface area contributed by atoms with E-state index in [1.165, 1.54) is 23.3 Å². The van der Waals surface area contributed by atoms with Gasteiger partial charge in [0, 0.05) is 18.5 Å². The maximum atomic E-state index is 12.8. The van der Waals surface area contributed by atoms with Crippen molar-refractivity contribution in [2.45, 2.75) is 13.0 Å². The van der Waals surface area contributed by atoms with Gasteiger partial charge in [-0.05, 0) is 36.4 Å². The van der Waals surface area contributed by atoms with E-state index in [2.05, 4.69) is 10.9 Å². The number of hydrogen-bond acceptors (Lipinski definition) is 4. The molecule has 2 aromatic rings. The van der Waals surface area contributed by atoms with E-state index in [1.807, 2.05) is 0 Å². The largest absolute Gasteiger partial charge is 0.467 e. The molecule has 2 N–H and O–H groups in total. The summed E-state index contributed by atoms with van der Waals surface area (Å²) in [6, 6.07) is 8.40. The minimum Gasteiger partial charge on any atom is -0.467 e. The molecular formula is C17H16FN3O4. The van der Waals surface area contributed by atoms with Gasteiger partial charge in [-0.25, -0.2) is 4.39 Å². The molecule has 130 valence electrons. The van der Waals surface area contributed by atoms with Gasteiger partial charge in [0.05, 0.1) is 18.7 Å². The molecule has 1 aromatic heterocycles. The van der Waals surface area contributed by atoms with E-state index in [4.69, 9.17) is 4.42 Å². The number of carbonyl (C=O) groups excluding carboxylic acids is 3. The first-order valence-corrected chi connectivity index (χ1v) is 7.69. The summed E-state index contributed by atoms with van der Waals surface area (Å²) < 4.78 is 18.0. The Hall–Kier alpha value is -3.16. The highest BCUT2D eigenvalue weighted by atomic mass is 19.1. The van der Waals surface area contributed by atoms with Crippen molar-refractivity contribution in [3.63, 3.8) is 0 Å². The van der Waals surface area contributed by atoms with Crippen molar-refractivity contribution in [1.82, 2.24) is 15.8 Å². The average molecular weight is 345 g/mol. The summed E-state index contributed by atoms with van der Waals surface area (Å²) in [6.07, 6.45) is 1.59. The number of hydrogen-bond donors (Lipinski definition) is 2. The molecule has 3 amide bonds. The summed E-state index contributed by atoms with van der Waals surface area (Å²) >= 11 is 0. The fourth-order valence-corrected chi connectivity index (χ4v) is 2.59. The summed E-state index contributed by atoms with van der Waals surface area (Å²) in [4.78, 5) is 37.5. The van der Waals surface area contributed by atoms with E-state index < -0.39 is 23.5 Å². The van der Waals surface area contributed by atoms with Crippen LogP contribution in [0.2, 0.25) is 0 Å². The number of likely N-dealkylation sites (tertiary alicyclic amines) is 1. The number of furan rings is 1. The third-order valence-electron chi connectivity index (χ3n) is 3.92. The van der Waals surface area contributed by atoms with Gasteiger partial charge in [0.1, 0.15) is 11.6 Å². The van der Waals surface area contributed by atoms with Crippen LogP contribution in [0, 0.1) is 11.7 Å². The maximum absolute atomic E-state index is 12.8. The van der Waals surface area contributed by atoms with E-state index in [0.717, 1.165) is 12.1 Å². The molecule has 1 fully saturated rings. The maximum Gasteiger partial charge on any atom is 0.269 e. The normalized spacial score (nSPS) is 16.8. The molecule has 7 nitrogen and oxygen atoms in total. The summed E-state index contributed by atoms with van der Waals surface area (Å²) in [5.41, 5.74) is 4.78. The first-order chi connectivity index (χ1) is 12.0. The minimum atomic E-state index is -0.565. The molecule has 1 unspecified atom stereocenters. The molecule has 2 heterocycles. The standard InChI is InChI=1S/C17H16FN3O4/c18-13-5-3-11(4-6-13)16(23)19-20-17(24)12-8-15(22)21(9-12)10-14-2-1-7-25-14/h1-7,12H,8-10H2,(H,19,23)(H,20,24). The minimum absolute atomic E-state index is 0.0684. The van der Waals surface area contributed by atoms with Gasteiger partial charge in [-0.15, -0.1) is 0 Å². The average Bonchev–Trinajstić information content (AvgIpc) is 3.24. The fourth-order valence-electron chi connectivity index (χ4n) is 2.59. The van der Waals surface area contributed by atoms with Gasteiger partial charge < -0.3 is 9.32 Å². The van der Waals surface area contributed by atoms with Gasteiger partial charge >= 0.3 is 0 Å². The van der Waals surface area contributed by atoms with Gasteiger partial charge in [0.25, 0.3) is 5.91 Å². The smallest absolute Gasteiger partial charge is 0.269 e. The Labute approximate surface area is 142 Å². The van der Waals surface area contributed by atoms with E-state index in [9.17, 15) is 18.8 Å². The van der Waals surface area contributed by atoms with Gasteiger partial charge in [0.2, 0.25) is 11.8 Å². The van der Waals surface area contributed by atoms with Crippen LogP contribution in [0.25, 0.3) is 0 Å². The third-order valence-corrected chi connectivity index (χ3v) is 3.92. The summed E-state index contributed by atoms with van der Waals surface area (Å²) in [5, 5.41) is 0. The number of halogens is 1. The van der Waals surface area contributed by atoms with E-state index in [0.29, 0.717) is 12.3 Å². The lowest BCUT2D eigenvalue weighted by molar-refractivity contribution is -0.129.